The van der Waals surface area contributed by atoms with Crippen LogP contribution in [0.5, 0.6) is 5.75 Å². The Morgan fingerprint density at radius 1 is 1.37 bits per heavy atom. The van der Waals surface area contributed by atoms with Crippen molar-refractivity contribution >= 4 is 23.4 Å². The summed E-state index contributed by atoms with van der Waals surface area (Å²) in [5.74, 6) is 0.724. The maximum absolute atomic E-state index is 11.9. The van der Waals surface area contributed by atoms with E-state index in [1.165, 1.54) is 13.3 Å². The Balaban J connectivity index is 2.56. The predicted molar refractivity (Wildman–Crippen MR) is 104 cm³/mol. The van der Waals surface area contributed by atoms with Gasteiger partial charge in [0.25, 0.3) is 0 Å². The molecule has 0 atom stereocenters. The number of anilines is 3. The number of nitriles is 1. The van der Waals surface area contributed by atoms with Gasteiger partial charge in [0, 0.05) is 17.7 Å². The first kappa shape index (κ1) is 20.0. The normalized spacial score (nSPS) is 10.8. The molecule has 0 bridgehead atoms. The van der Waals surface area contributed by atoms with E-state index >= 15 is 0 Å². The molecule has 0 aliphatic carbocycles. The highest BCUT2D eigenvalue weighted by Gasteiger charge is 2.27. The third-order valence-corrected chi connectivity index (χ3v) is 3.88. The van der Waals surface area contributed by atoms with Gasteiger partial charge >= 0.3 is 0 Å². The van der Waals surface area contributed by atoms with Crippen LogP contribution in [0.3, 0.4) is 0 Å². The van der Waals surface area contributed by atoms with Crippen LogP contribution in [0.15, 0.2) is 18.3 Å². The number of nitrogens with one attached hydrogen (secondary N) is 2. The fourth-order valence-electron chi connectivity index (χ4n) is 2.79. The number of nitrogens with two attached hydrogens (primary N) is 1. The highest BCUT2D eigenvalue weighted by molar-refractivity contribution is 5.96. The number of hydrogen-bond donors (Lipinski definition) is 3. The number of benzene rings is 1. The molecule has 0 aliphatic heterocycles. The van der Waals surface area contributed by atoms with Crippen molar-refractivity contribution in [3.05, 3.63) is 35.0 Å². The lowest BCUT2D eigenvalue weighted by atomic mass is 9.82. The van der Waals surface area contributed by atoms with Crippen molar-refractivity contribution in [3.8, 4) is 11.8 Å². The average molecular weight is 368 g/mol. The Morgan fingerprint density at radius 2 is 2.07 bits per heavy atom. The molecule has 0 unspecified atom stereocenters. The largest absolute Gasteiger partial charge is 0.494 e. The fraction of sp³-hybridized carbons (Fsp3) is 0.368. The Labute approximate surface area is 158 Å². The Kier molecular flexibility index (Phi) is 5.85. The highest BCUT2D eigenvalue weighted by atomic mass is 16.5. The van der Waals surface area contributed by atoms with Gasteiger partial charge in [-0.05, 0) is 24.5 Å². The first-order chi connectivity index (χ1) is 12.7. The zero-order valence-electron chi connectivity index (χ0n) is 16.2. The second-order valence-electron chi connectivity index (χ2n) is 6.91. The molecule has 0 fully saturated rings. The zero-order valence-corrected chi connectivity index (χ0v) is 16.2. The van der Waals surface area contributed by atoms with E-state index in [0.717, 1.165) is 0 Å². The number of methoxy groups -OCH3 is 1. The van der Waals surface area contributed by atoms with Gasteiger partial charge < -0.3 is 21.1 Å². The number of rotatable bonds is 6. The van der Waals surface area contributed by atoms with Crippen molar-refractivity contribution in [2.24, 2.45) is 5.73 Å². The molecule has 0 spiro atoms. The van der Waals surface area contributed by atoms with Crippen LogP contribution in [-0.4, -0.2) is 29.5 Å². The average Bonchev–Trinajstić information content (AvgIpc) is 2.61. The number of primary amides is 1. The number of aromatic nitrogens is 2. The van der Waals surface area contributed by atoms with E-state index in [-0.39, 0.29) is 5.41 Å². The van der Waals surface area contributed by atoms with Crippen molar-refractivity contribution in [2.75, 3.05) is 24.3 Å². The maximum atomic E-state index is 11.9. The molecule has 0 saturated heterocycles. The summed E-state index contributed by atoms with van der Waals surface area (Å²) in [6.45, 7) is 8.46. The summed E-state index contributed by atoms with van der Waals surface area (Å²) in [7, 11) is 1.53. The van der Waals surface area contributed by atoms with Crippen molar-refractivity contribution in [2.45, 2.75) is 33.1 Å². The highest BCUT2D eigenvalue weighted by Crippen LogP contribution is 2.40. The van der Waals surface area contributed by atoms with Gasteiger partial charge in [-0.3, -0.25) is 4.79 Å². The van der Waals surface area contributed by atoms with Gasteiger partial charge in [-0.2, -0.15) is 10.2 Å². The number of carbonyl (C=O) groups excluding carboxylic acids is 1. The minimum absolute atomic E-state index is 0.301. The van der Waals surface area contributed by atoms with Crippen LogP contribution < -0.4 is 21.1 Å². The molecule has 8 heteroatoms. The topological polar surface area (TPSA) is 126 Å². The lowest BCUT2D eigenvalue weighted by Crippen LogP contribution is -2.22. The number of nitrogens with zero attached hydrogens (tertiary/aromatic N) is 3. The molecule has 27 heavy (non-hydrogen) atoms. The van der Waals surface area contributed by atoms with Gasteiger partial charge in [-0.1, -0.05) is 20.8 Å². The molecule has 8 nitrogen and oxygen atoms in total. The molecule has 1 heterocycles. The van der Waals surface area contributed by atoms with Gasteiger partial charge in [-0.15, -0.1) is 0 Å². The molecular weight excluding hydrogens is 344 g/mol. The summed E-state index contributed by atoms with van der Waals surface area (Å²) in [5.41, 5.74) is 7.21. The molecule has 0 aliphatic rings. The number of hydrogen-bond acceptors (Lipinski definition) is 7. The second kappa shape index (κ2) is 7.91. The van der Waals surface area contributed by atoms with E-state index < -0.39 is 5.91 Å². The predicted octanol–water partition coefficient (Wildman–Crippen LogP) is 2.93. The fourth-order valence-corrected chi connectivity index (χ4v) is 2.79. The van der Waals surface area contributed by atoms with E-state index in [2.05, 4.69) is 26.7 Å². The van der Waals surface area contributed by atoms with E-state index in [1.807, 2.05) is 27.7 Å². The lowest BCUT2D eigenvalue weighted by Gasteiger charge is -2.26. The summed E-state index contributed by atoms with van der Waals surface area (Å²) < 4.78 is 5.59. The van der Waals surface area contributed by atoms with Crippen LogP contribution in [-0.2, 0) is 5.41 Å². The molecule has 2 aromatic rings. The minimum Gasteiger partial charge on any atom is -0.494 e. The van der Waals surface area contributed by atoms with Crippen molar-refractivity contribution in [1.29, 1.82) is 5.26 Å². The third kappa shape index (κ3) is 4.26. The van der Waals surface area contributed by atoms with Crippen LogP contribution in [0, 0.1) is 11.3 Å². The summed E-state index contributed by atoms with van der Waals surface area (Å²) >= 11 is 0. The molecular formula is C19H24N6O2. The smallest absolute Gasteiger partial charge is 0.249 e. The van der Waals surface area contributed by atoms with E-state index in [1.54, 1.807) is 12.1 Å². The van der Waals surface area contributed by atoms with Crippen LogP contribution in [0.2, 0.25) is 0 Å². The molecule has 1 aromatic carbocycles. The van der Waals surface area contributed by atoms with E-state index in [9.17, 15) is 4.79 Å². The van der Waals surface area contributed by atoms with Crippen LogP contribution in [0.4, 0.5) is 17.5 Å². The monoisotopic (exact) mass is 368 g/mol. The zero-order chi connectivity index (χ0) is 20.2. The van der Waals surface area contributed by atoms with Crippen LogP contribution >= 0.6 is 0 Å². The Hall–Kier alpha value is -3.34. The van der Waals surface area contributed by atoms with Crippen molar-refractivity contribution in [1.82, 2.24) is 9.97 Å². The van der Waals surface area contributed by atoms with Crippen LogP contribution in [0.25, 0.3) is 0 Å². The number of ether oxygens (including phenoxy) is 1. The maximum Gasteiger partial charge on any atom is 0.249 e. The number of carbonyl (C=O) groups is 1. The van der Waals surface area contributed by atoms with E-state index in [4.69, 9.17) is 15.7 Å². The molecule has 2 rings (SSSR count). The number of amides is 1. The van der Waals surface area contributed by atoms with Gasteiger partial charge in [0.1, 0.15) is 23.2 Å². The van der Waals surface area contributed by atoms with Gasteiger partial charge in [0.15, 0.2) is 0 Å². The van der Waals surface area contributed by atoms with E-state index in [0.29, 0.717) is 46.4 Å². The van der Waals surface area contributed by atoms with Crippen molar-refractivity contribution < 1.29 is 9.53 Å². The van der Waals surface area contributed by atoms with Gasteiger partial charge in [0.2, 0.25) is 11.9 Å². The molecule has 0 radical (unpaired) electrons. The summed E-state index contributed by atoms with van der Waals surface area (Å²) in [5, 5.41) is 15.3. The van der Waals surface area contributed by atoms with Gasteiger partial charge in [0.05, 0.1) is 19.0 Å². The molecule has 1 amide bonds. The summed E-state index contributed by atoms with van der Waals surface area (Å²) in [6.07, 6.45) is 1.45. The van der Waals surface area contributed by atoms with Crippen molar-refractivity contribution in [3.63, 3.8) is 0 Å². The first-order valence-electron chi connectivity index (χ1n) is 8.52. The second-order valence-corrected chi connectivity index (χ2v) is 6.91. The standard InChI is InChI=1S/C19H24N6O2/c1-6-22-17-11(9-20)10-23-18(25-17)24-13-8-7-12(16(21)26)14(15(13)27-5)19(2,3)4/h7-8,10H,6H2,1-5H3,(H2,21,26)(H2,22,23,24,25). The molecule has 0 saturated carbocycles. The summed E-state index contributed by atoms with van der Waals surface area (Å²) in [4.78, 5) is 20.4. The summed E-state index contributed by atoms with van der Waals surface area (Å²) in [6, 6.07) is 5.40. The SMILES string of the molecule is CCNc1nc(Nc2ccc(C(N)=O)c(C(C)(C)C)c2OC)ncc1C#N. The first-order valence-corrected chi connectivity index (χ1v) is 8.52. The van der Waals surface area contributed by atoms with Gasteiger partial charge in [-0.25, -0.2) is 4.98 Å². The van der Waals surface area contributed by atoms with Crippen LogP contribution in [0.1, 0.15) is 49.2 Å². The Morgan fingerprint density at radius 3 is 2.59 bits per heavy atom. The quantitative estimate of drug-likeness (QED) is 0.715. The molecule has 1 aromatic heterocycles. The lowest BCUT2D eigenvalue weighted by molar-refractivity contribution is 0.0997. The minimum atomic E-state index is -0.520. The Bertz CT molecular complexity index is 896. The molecule has 4 N–H and O–H groups in total. The third-order valence-electron chi connectivity index (χ3n) is 3.88. The molecule has 142 valence electrons.